The van der Waals surface area contributed by atoms with Crippen LogP contribution in [0.25, 0.3) is 0 Å². The third kappa shape index (κ3) is 5.84. The molecule has 0 aromatic heterocycles. The lowest BCUT2D eigenvalue weighted by molar-refractivity contribution is -0.139. The van der Waals surface area contributed by atoms with E-state index in [0.29, 0.717) is 12.0 Å². The average molecular weight is 395 g/mol. The van der Waals surface area contributed by atoms with E-state index in [-0.39, 0.29) is 12.6 Å². The summed E-state index contributed by atoms with van der Waals surface area (Å²) in [6, 6.07) is 6.16. The second kappa shape index (κ2) is 9.26. The van der Waals surface area contributed by atoms with Crippen LogP contribution in [0.5, 0.6) is 5.75 Å². The summed E-state index contributed by atoms with van der Waals surface area (Å²) in [4.78, 5) is 15.6. The number of benzene rings is 1. The molecule has 27 heavy (non-hydrogen) atoms. The van der Waals surface area contributed by atoms with E-state index >= 15 is 0 Å². The van der Waals surface area contributed by atoms with Gasteiger partial charge >= 0.3 is 5.97 Å². The number of rotatable bonds is 6. The topological polar surface area (TPSA) is 53.0 Å². The van der Waals surface area contributed by atoms with Gasteiger partial charge in [0.1, 0.15) is 11.9 Å². The zero-order chi connectivity index (χ0) is 19.4. The van der Waals surface area contributed by atoms with Crippen LogP contribution in [0.2, 0.25) is 5.02 Å². The van der Waals surface area contributed by atoms with E-state index in [1.807, 2.05) is 25.1 Å². The van der Waals surface area contributed by atoms with Gasteiger partial charge in [0.2, 0.25) is 0 Å². The van der Waals surface area contributed by atoms with E-state index in [4.69, 9.17) is 21.4 Å². The van der Waals surface area contributed by atoms with Crippen molar-refractivity contribution < 1.29 is 14.6 Å². The Labute approximate surface area is 167 Å². The predicted octanol–water partition coefficient (Wildman–Crippen LogP) is 3.68. The molecular weight excluding hydrogens is 364 g/mol. The first-order valence-corrected chi connectivity index (χ1v) is 10.4. The minimum absolute atomic E-state index is 0.167. The van der Waals surface area contributed by atoms with E-state index in [2.05, 4.69) is 16.7 Å². The molecule has 0 aliphatic carbocycles. The number of nitrogens with zero attached hydrogens (tertiary/aromatic N) is 2. The summed E-state index contributed by atoms with van der Waals surface area (Å²) >= 11 is 6.02. The lowest BCUT2D eigenvalue weighted by atomic mass is 9.90. The molecule has 0 saturated carbocycles. The molecule has 5 nitrogen and oxygen atoms in total. The fourth-order valence-electron chi connectivity index (χ4n) is 4.39. The minimum atomic E-state index is -0.724. The summed E-state index contributed by atoms with van der Waals surface area (Å²) in [5.74, 6) is 0.886. The van der Waals surface area contributed by atoms with Crippen molar-refractivity contribution in [2.75, 3.05) is 32.7 Å². The normalized spacial score (nSPS) is 25.4. The van der Waals surface area contributed by atoms with Crippen molar-refractivity contribution >= 4 is 17.6 Å². The number of halogens is 1. The molecule has 3 rings (SSSR count). The molecule has 2 aliphatic rings. The van der Waals surface area contributed by atoms with Gasteiger partial charge < -0.3 is 14.7 Å². The highest BCUT2D eigenvalue weighted by Gasteiger charge is 2.29. The van der Waals surface area contributed by atoms with Crippen LogP contribution >= 0.6 is 11.6 Å². The second-order valence-electron chi connectivity index (χ2n) is 8.13. The molecule has 150 valence electrons. The molecule has 1 aromatic carbocycles. The summed E-state index contributed by atoms with van der Waals surface area (Å²) in [6.45, 7) is 8.52. The maximum atomic E-state index is 10.9. The Kier molecular flexibility index (Phi) is 7.01. The van der Waals surface area contributed by atoms with Crippen LogP contribution in [0.1, 0.15) is 38.2 Å². The highest BCUT2D eigenvalue weighted by molar-refractivity contribution is 6.30. The molecule has 0 amide bonds. The van der Waals surface area contributed by atoms with Crippen LogP contribution in [0.4, 0.5) is 0 Å². The number of carboxylic acid groups (broad SMARTS) is 1. The van der Waals surface area contributed by atoms with Crippen molar-refractivity contribution in [3.05, 3.63) is 28.8 Å². The number of likely N-dealkylation sites (tertiary alicyclic amines) is 2. The maximum absolute atomic E-state index is 10.9. The number of hydrogen-bond acceptors (Lipinski definition) is 4. The quantitative estimate of drug-likeness (QED) is 0.797. The fourth-order valence-corrected chi connectivity index (χ4v) is 4.62. The SMILES string of the molecule is Cc1cc(Cl)ccc1OC1CCN(CC2CCN(CC(=O)O)C(C)C2)CC1. The fraction of sp³-hybridized carbons (Fsp3) is 0.667. The molecule has 2 atom stereocenters. The summed E-state index contributed by atoms with van der Waals surface area (Å²) in [5, 5.41) is 9.75. The molecule has 2 fully saturated rings. The zero-order valence-electron chi connectivity index (χ0n) is 16.4. The Balaban J connectivity index is 1.41. The number of carbonyl (C=O) groups is 1. The van der Waals surface area contributed by atoms with Crippen LogP contribution < -0.4 is 4.74 Å². The molecule has 2 aliphatic heterocycles. The highest BCUT2D eigenvalue weighted by Crippen LogP contribution is 2.27. The van der Waals surface area contributed by atoms with Gasteiger partial charge in [0.15, 0.2) is 0 Å². The first kappa shape index (κ1) is 20.4. The van der Waals surface area contributed by atoms with E-state index in [1.165, 1.54) is 0 Å². The third-order valence-electron chi connectivity index (χ3n) is 5.94. The van der Waals surface area contributed by atoms with E-state index < -0.39 is 5.97 Å². The molecule has 2 unspecified atom stereocenters. The van der Waals surface area contributed by atoms with Gasteiger partial charge in [-0.1, -0.05) is 11.6 Å². The van der Waals surface area contributed by atoms with E-state index in [9.17, 15) is 4.79 Å². The summed E-state index contributed by atoms with van der Waals surface area (Å²) in [7, 11) is 0. The van der Waals surface area contributed by atoms with Gasteiger partial charge in [0.25, 0.3) is 0 Å². The summed E-state index contributed by atoms with van der Waals surface area (Å²) in [5.41, 5.74) is 1.09. The maximum Gasteiger partial charge on any atom is 0.317 e. The molecule has 0 spiro atoms. The van der Waals surface area contributed by atoms with Crippen molar-refractivity contribution in [3.63, 3.8) is 0 Å². The largest absolute Gasteiger partial charge is 0.490 e. The van der Waals surface area contributed by atoms with Crippen LogP contribution in [0, 0.1) is 12.8 Å². The van der Waals surface area contributed by atoms with Crippen molar-refractivity contribution in [1.82, 2.24) is 9.80 Å². The lowest BCUT2D eigenvalue weighted by Gasteiger charge is -2.40. The van der Waals surface area contributed by atoms with Crippen molar-refractivity contribution in [1.29, 1.82) is 0 Å². The van der Waals surface area contributed by atoms with Crippen LogP contribution in [-0.4, -0.2) is 65.7 Å². The standard InChI is InChI=1S/C21H31ClN2O3/c1-15-11-18(22)3-4-20(15)27-19-6-8-23(9-7-19)13-17-5-10-24(14-21(25)26)16(2)12-17/h3-4,11,16-17,19H,5-10,12-14H2,1-2H3,(H,25,26). The predicted molar refractivity (Wildman–Crippen MR) is 108 cm³/mol. The zero-order valence-corrected chi connectivity index (χ0v) is 17.1. The average Bonchev–Trinajstić information content (AvgIpc) is 2.61. The van der Waals surface area contributed by atoms with Gasteiger partial charge in [-0.05, 0) is 75.8 Å². The summed E-state index contributed by atoms with van der Waals surface area (Å²) in [6.07, 6.45) is 4.56. The van der Waals surface area contributed by atoms with E-state index in [1.54, 1.807) is 0 Å². The molecule has 2 heterocycles. The van der Waals surface area contributed by atoms with Gasteiger partial charge in [-0.2, -0.15) is 0 Å². The van der Waals surface area contributed by atoms with Crippen molar-refractivity contribution in [3.8, 4) is 5.75 Å². The highest BCUT2D eigenvalue weighted by atomic mass is 35.5. The number of hydrogen-bond donors (Lipinski definition) is 1. The third-order valence-corrected chi connectivity index (χ3v) is 6.18. The first-order valence-electron chi connectivity index (χ1n) is 10.0. The molecule has 2 saturated heterocycles. The number of carboxylic acids is 1. The van der Waals surface area contributed by atoms with E-state index in [0.717, 1.165) is 68.2 Å². The Morgan fingerprint density at radius 2 is 2.00 bits per heavy atom. The number of aryl methyl sites for hydroxylation is 1. The molecule has 0 bridgehead atoms. The smallest absolute Gasteiger partial charge is 0.317 e. The molecular formula is C21H31ClN2O3. The van der Waals surface area contributed by atoms with Gasteiger partial charge in [0.05, 0.1) is 6.54 Å². The molecule has 1 N–H and O–H groups in total. The number of ether oxygens (including phenoxy) is 1. The van der Waals surface area contributed by atoms with Gasteiger partial charge in [-0.3, -0.25) is 9.69 Å². The Hall–Kier alpha value is -1.30. The second-order valence-corrected chi connectivity index (χ2v) is 8.57. The molecule has 1 aromatic rings. The lowest BCUT2D eigenvalue weighted by Crippen LogP contribution is -2.47. The van der Waals surface area contributed by atoms with Crippen molar-refractivity contribution in [2.45, 2.75) is 51.7 Å². The Morgan fingerprint density at radius 3 is 2.63 bits per heavy atom. The van der Waals surface area contributed by atoms with Crippen LogP contribution in [0.15, 0.2) is 18.2 Å². The summed E-state index contributed by atoms with van der Waals surface area (Å²) < 4.78 is 6.20. The Morgan fingerprint density at radius 1 is 1.26 bits per heavy atom. The number of aliphatic carboxylic acids is 1. The van der Waals surface area contributed by atoms with Crippen molar-refractivity contribution in [2.24, 2.45) is 5.92 Å². The first-order chi connectivity index (χ1) is 12.9. The van der Waals surface area contributed by atoms with Gasteiger partial charge in [-0.15, -0.1) is 0 Å². The van der Waals surface area contributed by atoms with Crippen LogP contribution in [-0.2, 0) is 4.79 Å². The monoisotopic (exact) mass is 394 g/mol. The minimum Gasteiger partial charge on any atom is -0.490 e. The number of piperidine rings is 2. The van der Waals surface area contributed by atoms with Crippen LogP contribution in [0.3, 0.4) is 0 Å². The molecule has 6 heteroatoms. The molecule has 0 radical (unpaired) electrons. The van der Waals surface area contributed by atoms with Gasteiger partial charge in [0, 0.05) is 30.7 Å². The Bertz CT molecular complexity index is 646. The van der Waals surface area contributed by atoms with Gasteiger partial charge in [-0.25, -0.2) is 0 Å².